The number of esters is 1. The van der Waals surface area contributed by atoms with Crippen molar-refractivity contribution in [3.05, 3.63) is 77.9 Å². The summed E-state index contributed by atoms with van der Waals surface area (Å²) in [4.78, 5) is 11.0. The molecule has 0 fully saturated rings. The summed E-state index contributed by atoms with van der Waals surface area (Å²) >= 11 is 0. The first-order chi connectivity index (χ1) is 10.2. The van der Waals surface area contributed by atoms with Crippen molar-refractivity contribution in [2.24, 2.45) is 0 Å². The van der Waals surface area contributed by atoms with Crippen LogP contribution in [-0.4, -0.2) is 5.97 Å². The lowest BCUT2D eigenvalue weighted by Gasteiger charge is -2.06. The van der Waals surface area contributed by atoms with Crippen molar-refractivity contribution in [1.29, 1.82) is 0 Å². The predicted octanol–water partition coefficient (Wildman–Crippen LogP) is 4.36. The second kappa shape index (κ2) is 5.80. The summed E-state index contributed by atoms with van der Waals surface area (Å²) in [6, 6.07) is 22.5. The van der Waals surface area contributed by atoms with Gasteiger partial charge in [-0.05, 0) is 40.5 Å². The lowest BCUT2D eigenvalue weighted by atomic mass is 10.0. The third-order valence-corrected chi connectivity index (χ3v) is 3.39. The molecular weight excluding hydrogens is 260 g/mol. The lowest BCUT2D eigenvalue weighted by Crippen LogP contribution is -2.00. The maximum atomic E-state index is 11.0. The van der Waals surface area contributed by atoms with E-state index in [0.717, 1.165) is 17.2 Å². The fourth-order valence-corrected chi connectivity index (χ4v) is 2.44. The van der Waals surface area contributed by atoms with E-state index in [2.05, 4.69) is 42.5 Å². The molecule has 0 radical (unpaired) electrons. The number of ether oxygens (including phenoxy) is 1. The Labute approximate surface area is 124 Å². The van der Waals surface area contributed by atoms with Crippen LogP contribution in [0.1, 0.15) is 18.1 Å². The summed E-state index contributed by atoms with van der Waals surface area (Å²) in [5.74, 6) is 0.292. The van der Waals surface area contributed by atoms with Crippen LogP contribution in [-0.2, 0) is 11.2 Å². The van der Waals surface area contributed by atoms with E-state index in [1.165, 1.54) is 18.1 Å². The van der Waals surface area contributed by atoms with Gasteiger partial charge in [0.2, 0.25) is 0 Å². The topological polar surface area (TPSA) is 26.3 Å². The van der Waals surface area contributed by atoms with E-state index in [4.69, 9.17) is 4.74 Å². The fourth-order valence-electron chi connectivity index (χ4n) is 2.44. The summed E-state index contributed by atoms with van der Waals surface area (Å²) in [6.07, 6.45) is 0.919. The zero-order chi connectivity index (χ0) is 14.7. The Morgan fingerprint density at radius 1 is 0.857 bits per heavy atom. The van der Waals surface area contributed by atoms with Gasteiger partial charge >= 0.3 is 5.97 Å². The quantitative estimate of drug-likeness (QED) is 0.525. The molecule has 0 bridgehead atoms. The molecule has 0 saturated heterocycles. The molecule has 0 aromatic heterocycles. The van der Waals surface area contributed by atoms with Crippen LogP contribution >= 0.6 is 0 Å². The van der Waals surface area contributed by atoms with Crippen molar-refractivity contribution < 1.29 is 9.53 Å². The van der Waals surface area contributed by atoms with Gasteiger partial charge in [0.15, 0.2) is 0 Å². The smallest absolute Gasteiger partial charge is 0.308 e. The molecule has 3 aromatic rings. The second-order valence-electron chi connectivity index (χ2n) is 5.10. The van der Waals surface area contributed by atoms with Crippen LogP contribution in [0.5, 0.6) is 5.75 Å². The van der Waals surface area contributed by atoms with Crippen molar-refractivity contribution in [1.82, 2.24) is 0 Å². The van der Waals surface area contributed by atoms with Gasteiger partial charge in [0.05, 0.1) is 0 Å². The van der Waals surface area contributed by atoms with Gasteiger partial charge in [-0.3, -0.25) is 4.79 Å². The summed E-state index contributed by atoms with van der Waals surface area (Å²) in [7, 11) is 0. The van der Waals surface area contributed by atoms with Gasteiger partial charge in [-0.25, -0.2) is 0 Å². The van der Waals surface area contributed by atoms with Gasteiger partial charge in [-0.2, -0.15) is 0 Å². The maximum absolute atomic E-state index is 11.0. The second-order valence-corrected chi connectivity index (χ2v) is 5.10. The molecule has 0 saturated carbocycles. The third kappa shape index (κ3) is 3.29. The number of carbonyl (C=O) groups excluding carboxylic acids is 1. The molecular formula is C19H16O2. The predicted molar refractivity (Wildman–Crippen MR) is 84.5 cm³/mol. The first-order valence-electron chi connectivity index (χ1n) is 6.96. The highest BCUT2D eigenvalue weighted by molar-refractivity contribution is 5.85. The molecule has 21 heavy (non-hydrogen) atoms. The first kappa shape index (κ1) is 13.4. The molecule has 0 unspecified atom stereocenters. The van der Waals surface area contributed by atoms with E-state index in [1.54, 1.807) is 0 Å². The molecule has 104 valence electrons. The van der Waals surface area contributed by atoms with E-state index >= 15 is 0 Å². The highest BCUT2D eigenvalue weighted by Gasteiger charge is 2.02. The number of hydrogen-bond acceptors (Lipinski definition) is 2. The van der Waals surface area contributed by atoms with E-state index in [0.29, 0.717) is 5.75 Å². The highest BCUT2D eigenvalue weighted by atomic mass is 16.5. The van der Waals surface area contributed by atoms with Crippen molar-refractivity contribution in [2.75, 3.05) is 0 Å². The molecule has 3 aromatic carbocycles. The van der Waals surface area contributed by atoms with Crippen molar-refractivity contribution in [2.45, 2.75) is 13.3 Å². The van der Waals surface area contributed by atoms with Gasteiger partial charge in [0.1, 0.15) is 5.75 Å². The minimum absolute atomic E-state index is 0.296. The van der Waals surface area contributed by atoms with E-state index in [1.807, 2.05) is 24.3 Å². The SMILES string of the molecule is CC(=O)Oc1ccc2cc(Cc3ccccc3)ccc2c1. The molecule has 0 amide bonds. The van der Waals surface area contributed by atoms with Gasteiger partial charge in [-0.1, -0.05) is 54.6 Å². The highest BCUT2D eigenvalue weighted by Crippen LogP contribution is 2.23. The molecule has 3 rings (SSSR count). The van der Waals surface area contributed by atoms with Crippen LogP contribution in [0, 0.1) is 0 Å². The Morgan fingerprint density at radius 2 is 1.57 bits per heavy atom. The minimum Gasteiger partial charge on any atom is -0.427 e. The molecule has 0 aliphatic carbocycles. The largest absolute Gasteiger partial charge is 0.427 e. The molecule has 2 heteroatoms. The molecule has 0 spiro atoms. The van der Waals surface area contributed by atoms with Crippen LogP contribution in [0.25, 0.3) is 10.8 Å². The normalized spacial score (nSPS) is 10.5. The number of rotatable bonds is 3. The fraction of sp³-hybridized carbons (Fsp3) is 0.105. The Bertz CT molecular complexity index is 776. The van der Waals surface area contributed by atoms with Crippen LogP contribution in [0.4, 0.5) is 0 Å². The molecule has 0 aliphatic heterocycles. The van der Waals surface area contributed by atoms with Crippen molar-refractivity contribution >= 4 is 16.7 Å². The van der Waals surface area contributed by atoms with Gasteiger partial charge in [0, 0.05) is 6.92 Å². The molecule has 2 nitrogen and oxygen atoms in total. The zero-order valence-corrected chi connectivity index (χ0v) is 11.9. The van der Waals surface area contributed by atoms with E-state index < -0.39 is 0 Å². The summed E-state index contributed by atoms with van der Waals surface area (Å²) in [5, 5.41) is 2.23. The lowest BCUT2D eigenvalue weighted by molar-refractivity contribution is -0.131. The Hall–Kier alpha value is -2.61. The van der Waals surface area contributed by atoms with Crippen LogP contribution in [0.3, 0.4) is 0 Å². The zero-order valence-electron chi connectivity index (χ0n) is 11.9. The molecule has 0 N–H and O–H groups in total. The summed E-state index contributed by atoms with van der Waals surface area (Å²) in [5.41, 5.74) is 2.57. The van der Waals surface area contributed by atoms with Crippen LogP contribution < -0.4 is 4.74 Å². The van der Waals surface area contributed by atoms with Crippen LogP contribution in [0.15, 0.2) is 66.7 Å². The van der Waals surface area contributed by atoms with Crippen LogP contribution in [0.2, 0.25) is 0 Å². The monoisotopic (exact) mass is 276 g/mol. The van der Waals surface area contributed by atoms with E-state index in [-0.39, 0.29) is 5.97 Å². The van der Waals surface area contributed by atoms with Gasteiger partial charge < -0.3 is 4.74 Å². The van der Waals surface area contributed by atoms with Crippen molar-refractivity contribution in [3.8, 4) is 5.75 Å². The molecule has 0 atom stereocenters. The van der Waals surface area contributed by atoms with Gasteiger partial charge in [-0.15, -0.1) is 0 Å². The van der Waals surface area contributed by atoms with Gasteiger partial charge in [0.25, 0.3) is 0 Å². The average molecular weight is 276 g/mol. The average Bonchev–Trinajstić information content (AvgIpc) is 2.48. The maximum Gasteiger partial charge on any atom is 0.308 e. The first-order valence-corrected chi connectivity index (χ1v) is 6.96. The number of benzene rings is 3. The number of hydrogen-bond donors (Lipinski definition) is 0. The minimum atomic E-state index is -0.296. The number of fused-ring (bicyclic) bond motifs is 1. The Balaban J connectivity index is 1.88. The Morgan fingerprint density at radius 3 is 2.33 bits per heavy atom. The molecule has 0 aliphatic rings. The van der Waals surface area contributed by atoms with E-state index in [9.17, 15) is 4.79 Å². The summed E-state index contributed by atoms with van der Waals surface area (Å²) in [6.45, 7) is 1.41. The third-order valence-electron chi connectivity index (χ3n) is 3.39. The molecule has 0 heterocycles. The Kier molecular flexibility index (Phi) is 3.69. The number of carbonyl (C=O) groups is 1. The van der Waals surface area contributed by atoms with Crippen molar-refractivity contribution in [3.63, 3.8) is 0 Å². The standard InChI is InChI=1S/C19H16O2/c1-14(20)21-19-10-9-17-12-16(7-8-18(17)13-19)11-15-5-3-2-4-6-15/h2-10,12-13H,11H2,1H3. The summed E-state index contributed by atoms with van der Waals surface area (Å²) < 4.78 is 5.11.